The average molecular weight is 276 g/mol. The van der Waals surface area contributed by atoms with Crippen LogP contribution in [0.3, 0.4) is 0 Å². The highest BCUT2D eigenvalue weighted by Crippen LogP contribution is 2.37. The van der Waals surface area contributed by atoms with Crippen molar-refractivity contribution in [2.24, 2.45) is 0 Å². The number of ether oxygens (including phenoxy) is 1. The lowest BCUT2D eigenvalue weighted by atomic mass is 9.75. The number of benzene rings is 1. The van der Waals surface area contributed by atoms with Crippen LogP contribution in [0, 0.1) is 0 Å². The van der Waals surface area contributed by atoms with E-state index >= 15 is 0 Å². The molecule has 1 amide bonds. The van der Waals surface area contributed by atoms with Gasteiger partial charge >= 0.3 is 0 Å². The highest BCUT2D eigenvalue weighted by molar-refractivity contribution is 5.80. The number of likely N-dealkylation sites (N-methyl/N-ethyl adjacent to an activating group) is 1. The third-order valence-corrected chi connectivity index (χ3v) is 4.02. The summed E-state index contributed by atoms with van der Waals surface area (Å²) in [5.41, 5.74) is 1.36. The Kier molecular flexibility index (Phi) is 4.65. The summed E-state index contributed by atoms with van der Waals surface area (Å²) >= 11 is 0. The molecule has 1 aliphatic carbocycles. The first kappa shape index (κ1) is 14.9. The molecule has 1 unspecified atom stereocenters. The maximum atomic E-state index is 11.8. The lowest BCUT2D eigenvalue weighted by Crippen LogP contribution is -2.50. The van der Waals surface area contributed by atoms with Crippen molar-refractivity contribution in [2.45, 2.75) is 37.8 Å². The van der Waals surface area contributed by atoms with Gasteiger partial charge < -0.3 is 15.0 Å². The first-order valence-electron chi connectivity index (χ1n) is 7.12. The standard InChI is InChI=1S/C16H24N2O2/c1-11(16(19)18(2)3)17-14-9-13(10-14)12-5-7-15(20-4)8-6-12/h5-8,11,13-14,17H,9-10H2,1-4H3. The van der Waals surface area contributed by atoms with Crippen LogP contribution in [0.5, 0.6) is 5.75 Å². The quantitative estimate of drug-likeness (QED) is 0.894. The molecule has 1 saturated carbocycles. The summed E-state index contributed by atoms with van der Waals surface area (Å²) in [4.78, 5) is 13.4. The summed E-state index contributed by atoms with van der Waals surface area (Å²) in [7, 11) is 5.27. The molecule has 0 bridgehead atoms. The molecule has 0 radical (unpaired) electrons. The summed E-state index contributed by atoms with van der Waals surface area (Å²) in [6, 6.07) is 8.62. The van der Waals surface area contributed by atoms with Crippen LogP contribution in [-0.4, -0.2) is 44.1 Å². The van der Waals surface area contributed by atoms with Gasteiger partial charge in [-0.1, -0.05) is 12.1 Å². The van der Waals surface area contributed by atoms with E-state index < -0.39 is 0 Å². The lowest BCUT2D eigenvalue weighted by Gasteiger charge is -2.38. The number of amides is 1. The van der Waals surface area contributed by atoms with Crippen LogP contribution in [0.1, 0.15) is 31.2 Å². The Hall–Kier alpha value is -1.55. The molecule has 1 atom stereocenters. The van der Waals surface area contributed by atoms with Crippen molar-refractivity contribution < 1.29 is 9.53 Å². The average Bonchev–Trinajstić information content (AvgIpc) is 2.41. The Morgan fingerprint density at radius 3 is 2.40 bits per heavy atom. The third kappa shape index (κ3) is 3.31. The topological polar surface area (TPSA) is 41.6 Å². The maximum Gasteiger partial charge on any atom is 0.238 e. The summed E-state index contributed by atoms with van der Waals surface area (Å²) < 4.78 is 5.17. The van der Waals surface area contributed by atoms with E-state index in [-0.39, 0.29) is 11.9 Å². The normalized spacial score (nSPS) is 22.8. The second-order valence-electron chi connectivity index (χ2n) is 5.76. The number of hydrogen-bond donors (Lipinski definition) is 1. The van der Waals surface area contributed by atoms with Gasteiger partial charge in [0, 0.05) is 20.1 Å². The largest absolute Gasteiger partial charge is 0.497 e. The molecule has 1 aromatic carbocycles. The molecule has 0 saturated heterocycles. The van der Waals surface area contributed by atoms with E-state index in [4.69, 9.17) is 4.74 Å². The molecular formula is C16H24N2O2. The van der Waals surface area contributed by atoms with Gasteiger partial charge in [-0.25, -0.2) is 0 Å². The smallest absolute Gasteiger partial charge is 0.238 e. The second-order valence-corrected chi connectivity index (χ2v) is 5.76. The van der Waals surface area contributed by atoms with Crippen LogP contribution in [0.25, 0.3) is 0 Å². The molecule has 0 aromatic heterocycles. The monoisotopic (exact) mass is 276 g/mol. The number of carbonyl (C=O) groups excluding carboxylic acids is 1. The van der Waals surface area contributed by atoms with Gasteiger partial charge in [0.1, 0.15) is 5.75 Å². The van der Waals surface area contributed by atoms with Gasteiger partial charge in [-0.15, -0.1) is 0 Å². The zero-order valence-corrected chi connectivity index (χ0v) is 12.7. The van der Waals surface area contributed by atoms with E-state index in [1.54, 1.807) is 26.1 Å². The Bertz CT molecular complexity index is 450. The van der Waals surface area contributed by atoms with E-state index in [2.05, 4.69) is 17.4 Å². The Morgan fingerprint density at radius 2 is 1.90 bits per heavy atom. The summed E-state index contributed by atoms with van der Waals surface area (Å²) in [6.45, 7) is 1.93. The van der Waals surface area contributed by atoms with Gasteiger partial charge in [0.2, 0.25) is 5.91 Å². The molecule has 1 aliphatic rings. The highest BCUT2D eigenvalue weighted by atomic mass is 16.5. The van der Waals surface area contributed by atoms with E-state index in [1.807, 2.05) is 19.1 Å². The van der Waals surface area contributed by atoms with Crippen molar-refractivity contribution in [3.05, 3.63) is 29.8 Å². The first-order valence-corrected chi connectivity index (χ1v) is 7.12. The fraction of sp³-hybridized carbons (Fsp3) is 0.562. The minimum Gasteiger partial charge on any atom is -0.497 e. The van der Waals surface area contributed by atoms with Gasteiger partial charge in [0.25, 0.3) is 0 Å². The van der Waals surface area contributed by atoms with Crippen molar-refractivity contribution in [3.63, 3.8) is 0 Å². The number of hydrogen-bond acceptors (Lipinski definition) is 3. The molecule has 1 N–H and O–H groups in total. The molecule has 2 rings (SSSR count). The van der Waals surface area contributed by atoms with Crippen LogP contribution in [0.2, 0.25) is 0 Å². The maximum absolute atomic E-state index is 11.8. The molecule has 0 aliphatic heterocycles. The number of nitrogens with one attached hydrogen (secondary N) is 1. The molecule has 20 heavy (non-hydrogen) atoms. The summed E-state index contributed by atoms with van der Waals surface area (Å²) in [5.74, 6) is 1.63. The Labute approximate surface area is 121 Å². The van der Waals surface area contributed by atoms with Gasteiger partial charge in [-0.2, -0.15) is 0 Å². The predicted octanol–water partition coefficient (Wildman–Crippen LogP) is 2.01. The molecule has 4 heteroatoms. The van der Waals surface area contributed by atoms with Crippen LogP contribution >= 0.6 is 0 Å². The van der Waals surface area contributed by atoms with Gasteiger partial charge in [-0.3, -0.25) is 4.79 Å². The molecule has 1 aromatic rings. The minimum absolute atomic E-state index is 0.105. The zero-order chi connectivity index (χ0) is 14.7. The number of nitrogens with zero attached hydrogens (tertiary/aromatic N) is 1. The molecular weight excluding hydrogens is 252 g/mol. The van der Waals surface area contributed by atoms with Crippen LogP contribution < -0.4 is 10.1 Å². The van der Waals surface area contributed by atoms with Crippen LogP contribution in [0.4, 0.5) is 0 Å². The lowest BCUT2D eigenvalue weighted by molar-refractivity contribution is -0.130. The fourth-order valence-corrected chi connectivity index (χ4v) is 2.71. The highest BCUT2D eigenvalue weighted by Gasteiger charge is 2.32. The second kappa shape index (κ2) is 6.27. The predicted molar refractivity (Wildman–Crippen MR) is 80.0 cm³/mol. The van der Waals surface area contributed by atoms with Crippen LogP contribution in [0.15, 0.2) is 24.3 Å². The fourth-order valence-electron chi connectivity index (χ4n) is 2.71. The zero-order valence-electron chi connectivity index (χ0n) is 12.7. The van der Waals surface area contributed by atoms with E-state index in [0.717, 1.165) is 18.6 Å². The van der Waals surface area contributed by atoms with Crippen molar-refractivity contribution in [3.8, 4) is 5.75 Å². The summed E-state index contributed by atoms with van der Waals surface area (Å²) in [6.07, 6.45) is 2.19. The van der Waals surface area contributed by atoms with E-state index in [9.17, 15) is 4.79 Å². The van der Waals surface area contributed by atoms with Gasteiger partial charge in [0.05, 0.1) is 13.2 Å². The Morgan fingerprint density at radius 1 is 1.30 bits per heavy atom. The molecule has 0 heterocycles. The SMILES string of the molecule is COc1ccc(C2CC(NC(C)C(=O)N(C)C)C2)cc1. The molecule has 110 valence electrons. The first-order chi connectivity index (χ1) is 9.51. The molecule has 0 spiro atoms. The van der Waals surface area contributed by atoms with Crippen molar-refractivity contribution in [1.82, 2.24) is 10.2 Å². The van der Waals surface area contributed by atoms with Gasteiger partial charge in [-0.05, 0) is 43.4 Å². The molecule has 4 nitrogen and oxygen atoms in total. The van der Waals surface area contributed by atoms with E-state index in [0.29, 0.717) is 12.0 Å². The summed E-state index contributed by atoms with van der Waals surface area (Å²) in [5, 5.41) is 3.40. The minimum atomic E-state index is -0.105. The van der Waals surface area contributed by atoms with Crippen molar-refractivity contribution in [2.75, 3.05) is 21.2 Å². The third-order valence-electron chi connectivity index (χ3n) is 4.02. The molecule has 1 fully saturated rings. The van der Waals surface area contributed by atoms with E-state index in [1.165, 1.54) is 5.56 Å². The van der Waals surface area contributed by atoms with Crippen LogP contribution in [-0.2, 0) is 4.79 Å². The van der Waals surface area contributed by atoms with Crippen molar-refractivity contribution >= 4 is 5.91 Å². The number of carbonyl (C=O) groups is 1. The number of rotatable bonds is 5. The van der Waals surface area contributed by atoms with Gasteiger partial charge in [0.15, 0.2) is 0 Å². The number of methoxy groups -OCH3 is 1. The van der Waals surface area contributed by atoms with Crippen molar-refractivity contribution in [1.29, 1.82) is 0 Å². The Balaban J connectivity index is 1.80.